The van der Waals surface area contributed by atoms with E-state index in [1.165, 1.54) is 0 Å². The summed E-state index contributed by atoms with van der Waals surface area (Å²) in [6, 6.07) is -1.56. The number of carboxylic acids is 1. The van der Waals surface area contributed by atoms with Gasteiger partial charge in [0.15, 0.2) is 0 Å². The van der Waals surface area contributed by atoms with Gasteiger partial charge in [-0.15, -0.1) is 0 Å². The number of nitrogens with one attached hydrogen (secondary N) is 1. The van der Waals surface area contributed by atoms with Gasteiger partial charge in [0.1, 0.15) is 6.04 Å². The van der Waals surface area contributed by atoms with E-state index >= 15 is 0 Å². The van der Waals surface area contributed by atoms with Crippen molar-refractivity contribution in [2.24, 2.45) is 11.7 Å². The Morgan fingerprint density at radius 2 is 2.00 bits per heavy atom. The molecule has 0 rings (SSSR count). The fraction of sp³-hybridized carbons (Fsp3) is 0.833. The first-order chi connectivity index (χ1) is 8.38. The molecule has 18 heavy (non-hydrogen) atoms. The Morgan fingerprint density at radius 1 is 1.39 bits per heavy atom. The second-order valence-electron chi connectivity index (χ2n) is 4.77. The van der Waals surface area contributed by atoms with Crippen molar-refractivity contribution in [1.29, 1.82) is 0 Å². The average Bonchev–Trinajstić information content (AvgIpc) is 2.26. The minimum Gasteiger partial charge on any atom is -0.480 e. The quantitative estimate of drug-likeness (QED) is 0.519. The number of hydrogen-bond donors (Lipinski definition) is 3. The molecule has 0 aromatic carbocycles. The topological polar surface area (TPSA) is 102 Å². The number of methoxy groups -OCH3 is 1. The Hall–Kier alpha value is -1.14. The van der Waals surface area contributed by atoms with Gasteiger partial charge in [0.2, 0.25) is 5.91 Å². The van der Waals surface area contributed by atoms with Crippen LogP contribution in [0.25, 0.3) is 0 Å². The number of hydrogen-bond acceptors (Lipinski definition) is 4. The standard InChI is InChI=1S/C12H24N2O4/c1-8(2)7-9(13)11(15)14-10(12(16)17)5-4-6-18-3/h8-10H,4-7,13H2,1-3H3,(H,14,15)(H,16,17)/t9-,10?/m0/s1. The van der Waals surface area contributed by atoms with Gasteiger partial charge in [0.25, 0.3) is 0 Å². The predicted molar refractivity (Wildman–Crippen MR) is 68.1 cm³/mol. The molecular weight excluding hydrogens is 236 g/mol. The highest BCUT2D eigenvalue weighted by molar-refractivity contribution is 5.86. The monoisotopic (exact) mass is 260 g/mol. The molecule has 0 aromatic rings. The number of carbonyl (C=O) groups excluding carboxylic acids is 1. The lowest BCUT2D eigenvalue weighted by Crippen LogP contribution is -2.48. The third-order valence-electron chi connectivity index (χ3n) is 2.52. The molecule has 0 radical (unpaired) electrons. The summed E-state index contributed by atoms with van der Waals surface area (Å²) in [6.07, 6.45) is 1.45. The number of rotatable bonds is 9. The SMILES string of the molecule is COCCCC(NC(=O)[C@@H](N)CC(C)C)C(=O)O. The first-order valence-electron chi connectivity index (χ1n) is 6.16. The predicted octanol–water partition coefficient (Wildman–Crippen LogP) is 0.356. The number of nitrogens with two attached hydrogens (primary N) is 1. The Balaban J connectivity index is 4.22. The highest BCUT2D eigenvalue weighted by Crippen LogP contribution is 2.04. The fourth-order valence-corrected chi connectivity index (χ4v) is 1.58. The van der Waals surface area contributed by atoms with E-state index in [0.717, 1.165) is 0 Å². The van der Waals surface area contributed by atoms with Crippen LogP contribution in [0.15, 0.2) is 0 Å². The molecule has 0 saturated carbocycles. The number of amides is 1. The maximum Gasteiger partial charge on any atom is 0.326 e. The van der Waals surface area contributed by atoms with Gasteiger partial charge in [-0.2, -0.15) is 0 Å². The van der Waals surface area contributed by atoms with Crippen molar-refractivity contribution in [3.8, 4) is 0 Å². The summed E-state index contributed by atoms with van der Waals surface area (Å²) >= 11 is 0. The summed E-state index contributed by atoms with van der Waals surface area (Å²) in [6.45, 7) is 4.39. The summed E-state index contributed by atoms with van der Waals surface area (Å²) in [5, 5.41) is 11.5. The molecule has 0 bridgehead atoms. The highest BCUT2D eigenvalue weighted by atomic mass is 16.5. The van der Waals surface area contributed by atoms with Gasteiger partial charge in [-0.1, -0.05) is 13.8 Å². The molecule has 0 aliphatic carbocycles. The zero-order chi connectivity index (χ0) is 14.1. The molecule has 0 aliphatic rings. The van der Waals surface area contributed by atoms with Crippen LogP contribution in [0.1, 0.15) is 33.1 Å². The van der Waals surface area contributed by atoms with E-state index in [1.807, 2.05) is 13.8 Å². The largest absolute Gasteiger partial charge is 0.480 e. The highest BCUT2D eigenvalue weighted by Gasteiger charge is 2.23. The second kappa shape index (κ2) is 8.88. The molecule has 1 unspecified atom stereocenters. The third kappa shape index (κ3) is 7.24. The molecule has 0 aromatic heterocycles. The fourth-order valence-electron chi connectivity index (χ4n) is 1.58. The summed E-state index contributed by atoms with van der Waals surface area (Å²) in [5.41, 5.74) is 5.69. The normalized spacial score (nSPS) is 14.3. The molecule has 6 nitrogen and oxygen atoms in total. The maximum absolute atomic E-state index is 11.7. The molecule has 106 valence electrons. The Kier molecular flexibility index (Phi) is 8.32. The first kappa shape index (κ1) is 16.9. The number of carboxylic acid groups (broad SMARTS) is 1. The van der Waals surface area contributed by atoms with Crippen LogP contribution in [-0.2, 0) is 14.3 Å². The van der Waals surface area contributed by atoms with E-state index in [-0.39, 0.29) is 0 Å². The van der Waals surface area contributed by atoms with Crippen LogP contribution in [0.3, 0.4) is 0 Å². The van der Waals surface area contributed by atoms with Crippen molar-refractivity contribution in [2.45, 2.75) is 45.2 Å². The van der Waals surface area contributed by atoms with Gasteiger partial charge in [-0.25, -0.2) is 4.79 Å². The zero-order valence-corrected chi connectivity index (χ0v) is 11.3. The lowest BCUT2D eigenvalue weighted by atomic mass is 10.0. The van der Waals surface area contributed by atoms with Gasteiger partial charge in [-0.3, -0.25) is 4.79 Å². The van der Waals surface area contributed by atoms with E-state index < -0.39 is 24.0 Å². The van der Waals surface area contributed by atoms with Crippen LogP contribution in [0, 0.1) is 5.92 Å². The zero-order valence-electron chi connectivity index (χ0n) is 11.3. The summed E-state index contributed by atoms with van der Waals surface area (Å²) < 4.78 is 4.85. The van der Waals surface area contributed by atoms with Gasteiger partial charge in [-0.05, 0) is 25.2 Å². The molecular formula is C12H24N2O4. The number of carbonyl (C=O) groups is 2. The third-order valence-corrected chi connectivity index (χ3v) is 2.52. The maximum atomic E-state index is 11.7. The van der Waals surface area contributed by atoms with Crippen LogP contribution < -0.4 is 11.1 Å². The van der Waals surface area contributed by atoms with Crippen molar-refractivity contribution < 1.29 is 19.4 Å². The second-order valence-corrected chi connectivity index (χ2v) is 4.77. The van der Waals surface area contributed by atoms with Crippen molar-refractivity contribution in [3.05, 3.63) is 0 Å². The molecule has 0 spiro atoms. The summed E-state index contributed by atoms with van der Waals surface area (Å²) in [7, 11) is 1.55. The van der Waals surface area contributed by atoms with Crippen LogP contribution >= 0.6 is 0 Å². The van der Waals surface area contributed by atoms with Crippen molar-refractivity contribution in [3.63, 3.8) is 0 Å². The smallest absolute Gasteiger partial charge is 0.326 e. The van der Waals surface area contributed by atoms with E-state index in [0.29, 0.717) is 31.8 Å². The van der Waals surface area contributed by atoms with Crippen molar-refractivity contribution >= 4 is 11.9 Å². The molecule has 1 amide bonds. The molecule has 2 atom stereocenters. The Bertz CT molecular complexity index is 269. The van der Waals surface area contributed by atoms with Crippen LogP contribution in [0.5, 0.6) is 0 Å². The van der Waals surface area contributed by atoms with E-state index in [2.05, 4.69) is 5.32 Å². The lowest BCUT2D eigenvalue weighted by Gasteiger charge is -2.18. The molecule has 0 saturated heterocycles. The lowest BCUT2D eigenvalue weighted by molar-refractivity contribution is -0.142. The van der Waals surface area contributed by atoms with Crippen LogP contribution in [0.2, 0.25) is 0 Å². The molecule has 4 N–H and O–H groups in total. The van der Waals surface area contributed by atoms with E-state index in [4.69, 9.17) is 15.6 Å². The van der Waals surface area contributed by atoms with Gasteiger partial charge >= 0.3 is 5.97 Å². The van der Waals surface area contributed by atoms with Gasteiger partial charge < -0.3 is 20.9 Å². The number of ether oxygens (including phenoxy) is 1. The molecule has 6 heteroatoms. The van der Waals surface area contributed by atoms with Crippen molar-refractivity contribution in [1.82, 2.24) is 5.32 Å². The minimum atomic E-state index is -1.05. The Labute approximate surface area is 108 Å². The molecule has 0 aliphatic heterocycles. The number of aliphatic carboxylic acids is 1. The van der Waals surface area contributed by atoms with Crippen LogP contribution in [-0.4, -0.2) is 42.8 Å². The first-order valence-corrected chi connectivity index (χ1v) is 6.16. The minimum absolute atomic E-state index is 0.294. The van der Waals surface area contributed by atoms with Crippen molar-refractivity contribution in [2.75, 3.05) is 13.7 Å². The van der Waals surface area contributed by atoms with Gasteiger partial charge in [0.05, 0.1) is 6.04 Å². The summed E-state index contributed by atoms with van der Waals surface area (Å²) in [4.78, 5) is 22.7. The summed E-state index contributed by atoms with van der Waals surface area (Å²) in [5.74, 6) is -1.16. The molecule has 0 fully saturated rings. The van der Waals surface area contributed by atoms with E-state index in [1.54, 1.807) is 7.11 Å². The van der Waals surface area contributed by atoms with E-state index in [9.17, 15) is 9.59 Å². The van der Waals surface area contributed by atoms with Crippen LogP contribution in [0.4, 0.5) is 0 Å². The average molecular weight is 260 g/mol. The van der Waals surface area contributed by atoms with Gasteiger partial charge in [0, 0.05) is 13.7 Å². The molecule has 0 heterocycles. The Morgan fingerprint density at radius 3 is 2.44 bits per heavy atom.